The fourth-order valence-corrected chi connectivity index (χ4v) is 3.96. The van der Waals surface area contributed by atoms with Gasteiger partial charge in [-0.15, -0.1) is 0 Å². The van der Waals surface area contributed by atoms with Gasteiger partial charge in [-0.25, -0.2) is 4.79 Å². The highest BCUT2D eigenvalue weighted by Crippen LogP contribution is 2.42. The number of amides is 4. The van der Waals surface area contributed by atoms with E-state index in [-0.39, 0.29) is 10.6 Å². The van der Waals surface area contributed by atoms with E-state index in [1.807, 2.05) is 0 Å². The minimum atomic E-state index is -4.45. The van der Waals surface area contributed by atoms with Gasteiger partial charge < -0.3 is 10.2 Å². The molecule has 0 spiro atoms. The first-order chi connectivity index (χ1) is 12.1. The number of urea groups is 1. The van der Waals surface area contributed by atoms with Crippen LogP contribution in [0, 0.1) is 5.92 Å². The summed E-state index contributed by atoms with van der Waals surface area (Å²) in [4.78, 5) is 39.1. The Morgan fingerprint density at radius 1 is 1.15 bits per heavy atom. The predicted molar refractivity (Wildman–Crippen MR) is 89.0 cm³/mol. The molecule has 10 heteroatoms. The number of hydrogen-bond acceptors (Lipinski definition) is 4. The van der Waals surface area contributed by atoms with E-state index in [1.54, 1.807) is 7.05 Å². The van der Waals surface area contributed by atoms with Crippen LogP contribution in [-0.2, 0) is 15.8 Å². The summed E-state index contributed by atoms with van der Waals surface area (Å²) in [7, 11) is 2.91. The van der Waals surface area contributed by atoms with Crippen molar-refractivity contribution >= 4 is 35.3 Å². The topological polar surface area (TPSA) is 69.7 Å². The van der Waals surface area contributed by atoms with Gasteiger partial charge >= 0.3 is 12.2 Å². The van der Waals surface area contributed by atoms with Gasteiger partial charge in [0.1, 0.15) is 0 Å². The predicted octanol–water partition coefficient (Wildman–Crippen LogP) is 2.74. The molecule has 2 heterocycles. The third-order valence-corrected chi connectivity index (χ3v) is 5.59. The number of rotatable bonds is 2. The van der Waals surface area contributed by atoms with Gasteiger partial charge in [-0.2, -0.15) is 13.2 Å². The third-order valence-electron chi connectivity index (χ3n) is 4.17. The number of hydrogen-bond donors (Lipinski definition) is 1. The smallest absolute Gasteiger partial charge is 0.322 e. The van der Waals surface area contributed by atoms with Gasteiger partial charge in [0.2, 0.25) is 5.91 Å². The van der Waals surface area contributed by atoms with Crippen molar-refractivity contribution in [2.75, 3.05) is 19.4 Å². The van der Waals surface area contributed by atoms with E-state index in [0.29, 0.717) is 0 Å². The molecular formula is C16H14F3N3O3S. The SMILES string of the molecule is CN1C(=O)C2C=C(C(=O)Nc3ccc(C(F)(F)F)cc3)SC2N(C)C1=O. The third kappa shape index (κ3) is 3.16. The molecule has 1 fully saturated rings. The fraction of sp³-hybridized carbons (Fsp3) is 0.312. The molecule has 26 heavy (non-hydrogen) atoms. The van der Waals surface area contributed by atoms with Crippen molar-refractivity contribution in [3.63, 3.8) is 0 Å². The van der Waals surface area contributed by atoms with Crippen LogP contribution in [0.4, 0.5) is 23.7 Å². The van der Waals surface area contributed by atoms with Crippen molar-refractivity contribution in [1.82, 2.24) is 9.80 Å². The normalized spacial score (nSPS) is 23.0. The quantitative estimate of drug-likeness (QED) is 0.850. The summed E-state index contributed by atoms with van der Waals surface area (Å²) in [6.07, 6.45) is -2.97. The summed E-state index contributed by atoms with van der Waals surface area (Å²) in [6.45, 7) is 0. The monoisotopic (exact) mass is 385 g/mol. The average molecular weight is 385 g/mol. The lowest BCUT2D eigenvalue weighted by Gasteiger charge is -2.37. The van der Waals surface area contributed by atoms with Crippen molar-refractivity contribution in [3.05, 3.63) is 40.8 Å². The van der Waals surface area contributed by atoms with Gasteiger partial charge in [-0.05, 0) is 30.3 Å². The number of alkyl halides is 3. The van der Waals surface area contributed by atoms with Crippen molar-refractivity contribution in [2.45, 2.75) is 11.6 Å². The fourth-order valence-electron chi connectivity index (χ4n) is 2.73. The van der Waals surface area contributed by atoms with Crippen LogP contribution >= 0.6 is 11.8 Å². The number of anilines is 1. The lowest BCUT2D eigenvalue weighted by Crippen LogP contribution is -2.56. The molecule has 2 aliphatic heterocycles. The number of nitrogens with zero attached hydrogens (tertiary/aromatic N) is 2. The molecule has 0 aliphatic carbocycles. The molecular weight excluding hydrogens is 371 g/mol. The van der Waals surface area contributed by atoms with E-state index in [2.05, 4.69) is 5.32 Å². The van der Waals surface area contributed by atoms with E-state index in [9.17, 15) is 27.6 Å². The second kappa shape index (κ2) is 6.35. The molecule has 2 unspecified atom stereocenters. The van der Waals surface area contributed by atoms with Crippen LogP contribution in [0.25, 0.3) is 0 Å². The molecule has 1 saturated heterocycles. The summed E-state index contributed by atoms with van der Waals surface area (Å²) < 4.78 is 37.7. The Bertz CT molecular complexity index is 807. The van der Waals surface area contributed by atoms with E-state index in [1.165, 1.54) is 18.0 Å². The van der Waals surface area contributed by atoms with Crippen molar-refractivity contribution in [2.24, 2.45) is 5.92 Å². The second-order valence-corrected chi connectivity index (χ2v) is 7.04. The molecule has 1 N–H and O–H groups in total. The van der Waals surface area contributed by atoms with Crippen LogP contribution in [0.2, 0.25) is 0 Å². The molecule has 0 radical (unpaired) electrons. The molecule has 0 saturated carbocycles. The zero-order valence-corrected chi connectivity index (χ0v) is 14.5. The number of carbonyl (C=O) groups is 3. The Hall–Kier alpha value is -2.49. The van der Waals surface area contributed by atoms with Gasteiger partial charge in [-0.1, -0.05) is 11.8 Å². The molecule has 138 valence electrons. The summed E-state index contributed by atoms with van der Waals surface area (Å²) in [5.74, 6) is -1.58. The van der Waals surface area contributed by atoms with Gasteiger partial charge in [0.25, 0.3) is 5.91 Å². The summed E-state index contributed by atoms with van der Waals surface area (Å²) in [5, 5.41) is 1.99. The van der Waals surface area contributed by atoms with Crippen LogP contribution < -0.4 is 5.32 Å². The Morgan fingerprint density at radius 3 is 2.35 bits per heavy atom. The zero-order chi connectivity index (χ0) is 19.2. The molecule has 2 atom stereocenters. The van der Waals surface area contributed by atoms with Gasteiger partial charge in [0.15, 0.2) is 0 Å². The van der Waals surface area contributed by atoms with E-state index in [0.717, 1.165) is 40.9 Å². The highest BCUT2D eigenvalue weighted by atomic mass is 32.2. The maximum absolute atomic E-state index is 12.6. The minimum absolute atomic E-state index is 0.201. The summed E-state index contributed by atoms with van der Waals surface area (Å²) >= 11 is 1.07. The summed E-state index contributed by atoms with van der Waals surface area (Å²) in [5.41, 5.74) is -0.614. The largest absolute Gasteiger partial charge is 0.416 e. The number of fused-ring (bicyclic) bond motifs is 1. The first-order valence-corrected chi connectivity index (χ1v) is 8.39. The van der Waals surface area contributed by atoms with E-state index in [4.69, 9.17) is 0 Å². The van der Waals surface area contributed by atoms with Crippen LogP contribution in [0.15, 0.2) is 35.2 Å². The standard InChI is InChI=1S/C16H14F3N3O3S/c1-21-13(24)10-7-11(26-14(10)22(2)15(21)25)12(23)20-9-5-3-8(4-6-9)16(17,18)19/h3-7,10,14H,1-2H3,(H,20,23). The first kappa shape index (κ1) is 18.3. The number of thioether (sulfide) groups is 1. The van der Waals surface area contributed by atoms with Crippen molar-refractivity contribution in [3.8, 4) is 0 Å². The van der Waals surface area contributed by atoms with Gasteiger partial charge in [0.05, 0.1) is 21.8 Å². The minimum Gasteiger partial charge on any atom is -0.322 e. The number of nitrogens with one attached hydrogen (secondary N) is 1. The maximum atomic E-state index is 12.6. The van der Waals surface area contributed by atoms with E-state index < -0.39 is 40.9 Å². The van der Waals surface area contributed by atoms with Crippen molar-refractivity contribution in [1.29, 1.82) is 0 Å². The Labute approximate surface area is 151 Å². The molecule has 0 aromatic heterocycles. The molecule has 6 nitrogen and oxygen atoms in total. The highest BCUT2D eigenvalue weighted by molar-refractivity contribution is 8.04. The molecule has 3 rings (SSSR count). The molecule has 1 aromatic rings. The lowest BCUT2D eigenvalue weighted by molar-refractivity contribution is -0.137. The first-order valence-electron chi connectivity index (χ1n) is 7.51. The Morgan fingerprint density at radius 2 is 1.77 bits per heavy atom. The van der Waals surface area contributed by atoms with Crippen LogP contribution in [0.5, 0.6) is 0 Å². The maximum Gasteiger partial charge on any atom is 0.416 e. The molecule has 0 bridgehead atoms. The van der Waals surface area contributed by atoms with Gasteiger partial charge in [0, 0.05) is 19.8 Å². The number of halogens is 3. The van der Waals surface area contributed by atoms with Crippen LogP contribution in [-0.4, -0.2) is 47.1 Å². The average Bonchev–Trinajstić information content (AvgIpc) is 3.03. The number of benzene rings is 1. The van der Waals surface area contributed by atoms with Crippen molar-refractivity contribution < 1.29 is 27.6 Å². The summed E-state index contributed by atoms with van der Waals surface area (Å²) in [6, 6.07) is 3.60. The van der Waals surface area contributed by atoms with Gasteiger partial charge in [-0.3, -0.25) is 14.5 Å². The molecule has 1 aromatic carbocycles. The molecule has 2 aliphatic rings. The Balaban J connectivity index is 1.73. The molecule has 4 amide bonds. The number of imide groups is 1. The number of carbonyl (C=O) groups excluding carboxylic acids is 3. The Kier molecular flexibility index (Phi) is 4.47. The highest BCUT2D eigenvalue weighted by Gasteiger charge is 2.47. The zero-order valence-electron chi connectivity index (χ0n) is 13.7. The van der Waals surface area contributed by atoms with Crippen LogP contribution in [0.1, 0.15) is 5.56 Å². The second-order valence-electron chi connectivity index (χ2n) is 5.89. The van der Waals surface area contributed by atoms with E-state index >= 15 is 0 Å². The van der Waals surface area contributed by atoms with Crippen LogP contribution in [0.3, 0.4) is 0 Å². The lowest BCUT2D eigenvalue weighted by atomic mass is 10.0.